The summed E-state index contributed by atoms with van der Waals surface area (Å²) in [6.07, 6.45) is 6.54. The number of fused-ring (bicyclic) bond motifs is 1. The molecule has 0 radical (unpaired) electrons. The number of amidine groups is 1. The molecule has 0 bridgehead atoms. The van der Waals surface area contributed by atoms with Crippen molar-refractivity contribution in [2.24, 2.45) is 4.99 Å². The lowest BCUT2D eigenvalue weighted by molar-refractivity contribution is -0.124. The van der Waals surface area contributed by atoms with E-state index in [-0.39, 0.29) is 17.6 Å². The van der Waals surface area contributed by atoms with Gasteiger partial charge in [-0.2, -0.15) is 0 Å². The van der Waals surface area contributed by atoms with Gasteiger partial charge < -0.3 is 9.88 Å². The molecule has 1 aromatic carbocycles. The largest absolute Gasteiger partial charge is 0.346 e. The van der Waals surface area contributed by atoms with Crippen LogP contribution in [0.25, 0.3) is 16.6 Å². The lowest BCUT2D eigenvalue weighted by Crippen LogP contribution is -2.58. The first-order valence-corrected chi connectivity index (χ1v) is 10.3. The second kappa shape index (κ2) is 7.71. The zero-order chi connectivity index (χ0) is 21.4. The van der Waals surface area contributed by atoms with Gasteiger partial charge in [-0.3, -0.25) is 15.0 Å². The van der Waals surface area contributed by atoms with E-state index in [4.69, 9.17) is 0 Å². The third-order valence-corrected chi connectivity index (χ3v) is 5.63. The molecule has 5 rings (SSSR count). The molecular weight excluding hydrogens is 392 g/mol. The number of hydrazine groups is 1. The Bertz CT molecular complexity index is 1210. The van der Waals surface area contributed by atoms with Gasteiger partial charge in [0.25, 0.3) is 11.8 Å². The predicted molar refractivity (Wildman–Crippen MR) is 119 cm³/mol. The van der Waals surface area contributed by atoms with Crippen molar-refractivity contribution in [1.82, 2.24) is 20.3 Å². The van der Waals surface area contributed by atoms with Crippen molar-refractivity contribution in [3.63, 3.8) is 0 Å². The zero-order valence-corrected chi connectivity index (χ0v) is 17.1. The second-order valence-corrected chi connectivity index (χ2v) is 7.61. The Morgan fingerprint density at radius 1 is 1.16 bits per heavy atom. The summed E-state index contributed by atoms with van der Waals surface area (Å²) < 4.78 is 0. The maximum Gasteiger partial charge on any atom is 0.291 e. The zero-order valence-electron chi connectivity index (χ0n) is 17.1. The van der Waals surface area contributed by atoms with Gasteiger partial charge in [-0.15, -0.1) is 0 Å². The van der Waals surface area contributed by atoms with Gasteiger partial charge in [0.05, 0.1) is 5.69 Å². The van der Waals surface area contributed by atoms with Gasteiger partial charge in [0, 0.05) is 36.4 Å². The van der Waals surface area contributed by atoms with Crippen LogP contribution in [0.3, 0.4) is 0 Å². The quantitative estimate of drug-likeness (QED) is 0.689. The van der Waals surface area contributed by atoms with Crippen molar-refractivity contribution in [1.29, 1.82) is 0 Å². The van der Waals surface area contributed by atoms with E-state index in [0.29, 0.717) is 18.8 Å². The molecule has 8 nitrogen and oxygen atoms in total. The Kier molecular flexibility index (Phi) is 4.74. The van der Waals surface area contributed by atoms with Gasteiger partial charge >= 0.3 is 0 Å². The molecule has 0 fully saturated rings. The molecule has 2 aliphatic heterocycles. The Balaban J connectivity index is 1.34. The van der Waals surface area contributed by atoms with Crippen LogP contribution >= 0.6 is 0 Å². The highest BCUT2D eigenvalue weighted by atomic mass is 16.2. The lowest BCUT2D eigenvalue weighted by atomic mass is 9.99. The van der Waals surface area contributed by atoms with Gasteiger partial charge in [-0.05, 0) is 43.2 Å². The van der Waals surface area contributed by atoms with Crippen molar-refractivity contribution < 1.29 is 9.59 Å². The maximum absolute atomic E-state index is 13.1. The van der Waals surface area contributed by atoms with Crippen molar-refractivity contribution in [2.45, 2.75) is 19.4 Å². The van der Waals surface area contributed by atoms with E-state index < -0.39 is 6.04 Å². The number of rotatable bonds is 3. The summed E-state index contributed by atoms with van der Waals surface area (Å²) in [7, 11) is 0. The number of H-pyrrole nitrogens is 1. The average molecular weight is 414 g/mol. The Hall–Kier alpha value is -3.94. The summed E-state index contributed by atoms with van der Waals surface area (Å²) in [5.74, 6) is -0.225. The number of hydrogen-bond acceptors (Lipinski definition) is 5. The molecule has 2 amide bonds. The summed E-state index contributed by atoms with van der Waals surface area (Å²) in [5, 5.41) is 2.48. The molecule has 2 aromatic heterocycles. The number of aliphatic imine (C=N–C) groups is 1. The number of nitrogens with zero attached hydrogens (tertiary/aromatic N) is 4. The van der Waals surface area contributed by atoms with Crippen molar-refractivity contribution in [2.75, 3.05) is 18.1 Å². The highest BCUT2D eigenvalue weighted by Crippen LogP contribution is 2.28. The smallest absolute Gasteiger partial charge is 0.291 e. The van der Waals surface area contributed by atoms with E-state index in [0.717, 1.165) is 23.0 Å². The van der Waals surface area contributed by atoms with Crippen LogP contribution in [0.4, 0.5) is 5.69 Å². The Morgan fingerprint density at radius 3 is 2.77 bits per heavy atom. The van der Waals surface area contributed by atoms with Gasteiger partial charge in [-0.25, -0.2) is 15.0 Å². The molecule has 0 spiro atoms. The van der Waals surface area contributed by atoms with Gasteiger partial charge in [-0.1, -0.05) is 24.3 Å². The Morgan fingerprint density at radius 2 is 2.00 bits per heavy atom. The molecule has 1 unspecified atom stereocenters. The van der Waals surface area contributed by atoms with Crippen LogP contribution in [-0.4, -0.2) is 51.6 Å². The number of carbonyl (C=O) groups is 2. The summed E-state index contributed by atoms with van der Waals surface area (Å²) in [4.78, 5) is 39.3. The number of pyridine rings is 1. The Labute approximate surface area is 179 Å². The van der Waals surface area contributed by atoms with Crippen LogP contribution in [0.15, 0.2) is 65.9 Å². The average Bonchev–Trinajstić information content (AvgIpc) is 3.25. The normalized spacial score (nSPS) is 19.1. The second-order valence-electron chi connectivity index (χ2n) is 7.61. The molecule has 8 heteroatoms. The third-order valence-electron chi connectivity index (χ3n) is 5.63. The minimum absolute atomic E-state index is 0.184. The fourth-order valence-corrected chi connectivity index (χ4v) is 3.97. The van der Waals surface area contributed by atoms with Crippen LogP contribution in [0.2, 0.25) is 0 Å². The van der Waals surface area contributed by atoms with Crippen LogP contribution in [-0.2, 0) is 9.59 Å². The monoisotopic (exact) mass is 414 g/mol. The number of benzene rings is 1. The molecule has 31 heavy (non-hydrogen) atoms. The minimum Gasteiger partial charge on any atom is -0.346 e. The molecule has 0 aliphatic carbocycles. The first-order valence-electron chi connectivity index (χ1n) is 10.3. The van der Waals surface area contributed by atoms with Crippen LogP contribution in [0.1, 0.15) is 18.9 Å². The van der Waals surface area contributed by atoms with Crippen LogP contribution in [0, 0.1) is 0 Å². The van der Waals surface area contributed by atoms with Crippen molar-refractivity contribution >= 4 is 39.9 Å². The molecule has 2 aliphatic rings. The summed E-state index contributed by atoms with van der Waals surface area (Å²) in [6, 6.07) is 12.5. The molecular formula is C23H22N6O2. The van der Waals surface area contributed by atoms with Gasteiger partial charge in [0.1, 0.15) is 11.7 Å². The fraction of sp³-hybridized carbons (Fsp3) is 0.217. The molecule has 0 saturated heterocycles. The first-order chi connectivity index (χ1) is 15.1. The minimum atomic E-state index is -0.630. The van der Waals surface area contributed by atoms with E-state index >= 15 is 0 Å². The highest BCUT2D eigenvalue weighted by molar-refractivity contribution is 6.39. The van der Waals surface area contributed by atoms with Gasteiger partial charge in [0.2, 0.25) is 5.84 Å². The van der Waals surface area contributed by atoms with Crippen molar-refractivity contribution in [3.8, 4) is 0 Å². The number of carbonyl (C=O) groups excluding carboxylic acids is 2. The maximum atomic E-state index is 13.1. The number of aromatic nitrogens is 2. The predicted octanol–water partition coefficient (Wildman–Crippen LogP) is 2.52. The van der Waals surface area contributed by atoms with Crippen molar-refractivity contribution in [3.05, 3.63) is 66.5 Å². The number of aromatic amines is 1. The summed E-state index contributed by atoms with van der Waals surface area (Å²) in [6.45, 7) is 2.76. The first kappa shape index (κ1) is 19.0. The number of para-hydroxylation sites is 1. The summed E-state index contributed by atoms with van der Waals surface area (Å²) >= 11 is 0. The standard InChI is InChI=1S/C23H22N6O2/c1-15-22(30)29(17-6-3-2-4-7-17)27-21(26-15)23(31)28-12-9-16(10-13-28)19-14-25-20-18(19)8-5-11-24-20/h2-9,11,14-15H,10,12-13H2,1H3,(H,24,25)(H,26,27). The van der Waals surface area contributed by atoms with Gasteiger partial charge in [0.15, 0.2) is 0 Å². The molecule has 156 valence electrons. The van der Waals surface area contributed by atoms with Crippen LogP contribution < -0.4 is 10.4 Å². The SMILES string of the molecule is CC1N=C(C(=O)N2CC=C(c3c[nH]c4ncccc34)CC2)NN(c2ccccc2)C1=O. The van der Waals surface area contributed by atoms with Crippen LogP contribution in [0.5, 0.6) is 0 Å². The lowest BCUT2D eigenvalue weighted by Gasteiger charge is -2.33. The summed E-state index contributed by atoms with van der Waals surface area (Å²) in [5.41, 5.74) is 6.77. The van der Waals surface area contributed by atoms with E-state index in [9.17, 15) is 9.59 Å². The third kappa shape index (κ3) is 3.46. The number of anilines is 1. The molecule has 4 heterocycles. The topological polar surface area (TPSA) is 93.7 Å². The van der Waals surface area contributed by atoms with E-state index in [1.54, 1.807) is 18.0 Å². The number of amides is 2. The molecule has 3 aromatic rings. The van der Waals surface area contributed by atoms with E-state index in [2.05, 4.69) is 26.5 Å². The molecule has 0 saturated carbocycles. The molecule has 1 atom stereocenters. The number of hydrogen-bond donors (Lipinski definition) is 2. The molecule has 2 N–H and O–H groups in total. The van der Waals surface area contributed by atoms with E-state index in [1.807, 2.05) is 48.7 Å². The number of nitrogens with one attached hydrogen (secondary N) is 2. The van der Waals surface area contributed by atoms with E-state index in [1.165, 1.54) is 10.6 Å². The fourth-order valence-electron chi connectivity index (χ4n) is 3.97. The highest BCUT2D eigenvalue weighted by Gasteiger charge is 2.33.